The Morgan fingerprint density at radius 2 is 1.88 bits per heavy atom. The summed E-state index contributed by atoms with van der Waals surface area (Å²) < 4.78 is 5.82. The highest BCUT2D eigenvalue weighted by Gasteiger charge is 2.16. The second-order valence-corrected chi connectivity index (χ2v) is 5.48. The number of carboxylic acids is 1. The van der Waals surface area contributed by atoms with E-state index in [-0.39, 0.29) is 18.0 Å². The highest BCUT2D eigenvalue weighted by atomic mass is 35.5. The lowest BCUT2D eigenvalue weighted by Crippen LogP contribution is -2.00. The van der Waals surface area contributed by atoms with Crippen LogP contribution in [0.3, 0.4) is 0 Å². The van der Waals surface area contributed by atoms with E-state index in [9.17, 15) is 9.90 Å². The first kappa shape index (κ1) is 16.0. The third-order valence-corrected chi connectivity index (χ3v) is 3.95. The minimum absolute atomic E-state index is 0. The molecule has 4 nitrogen and oxygen atoms in total. The molecule has 0 unspecified atom stereocenters. The second-order valence-electron chi connectivity index (χ2n) is 5.48. The number of nitrogens with zero attached hydrogens (tertiary/aromatic N) is 1. The van der Waals surface area contributed by atoms with Crippen molar-refractivity contribution in [3.63, 3.8) is 0 Å². The van der Waals surface area contributed by atoms with E-state index < -0.39 is 5.97 Å². The van der Waals surface area contributed by atoms with Crippen molar-refractivity contribution in [2.45, 2.75) is 6.92 Å². The van der Waals surface area contributed by atoms with E-state index in [0.717, 1.165) is 16.5 Å². The lowest BCUT2D eigenvalue weighted by molar-refractivity contribution is 0.0699. The molecule has 5 heteroatoms. The Hall–Kier alpha value is -2.85. The Bertz CT molecular complexity index is 1040. The number of carbonyl (C=O) groups is 1. The van der Waals surface area contributed by atoms with Gasteiger partial charge in [-0.15, -0.1) is 12.4 Å². The van der Waals surface area contributed by atoms with Crippen LogP contribution in [0.1, 0.15) is 15.9 Å². The van der Waals surface area contributed by atoms with E-state index in [4.69, 9.17) is 4.42 Å². The molecule has 0 fully saturated rings. The normalized spacial score (nSPS) is 10.7. The first-order chi connectivity index (χ1) is 11.1. The summed E-state index contributed by atoms with van der Waals surface area (Å²) in [6.45, 7) is 1.92. The average molecular weight is 340 g/mol. The zero-order valence-electron chi connectivity index (χ0n) is 12.8. The van der Waals surface area contributed by atoms with Crippen LogP contribution in [0, 0.1) is 6.92 Å². The van der Waals surface area contributed by atoms with Crippen molar-refractivity contribution in [1.29, 1.82) is 0 Å². The molecule has 2 aromatic heterocycles. The van der Waals surface area contributed by atoms with Crippen LogP contribution in [-0.2, 0) is 0 Å². The van der Waals surface area contributed by atoms with E-state index in [1.807, 2.05) is 49.4 Å². The second kappa shape index (κ2) is 5.98. The number of benzene rings is 2. The highest BCUT2D eigenvalue weighted by Crippen LogP contribution is 2.30. The van der Waals surface area contributed by atoms with Gasteiger partial charge in [-0.1, -0.05) is 36.4 Å². The monoisotopic (exact) mass is 339 g/mol. The number of hydrogen-bond acceptors (Lipinski definition) is 3. The molecule has 0 bridgehead atoms. The molecule has 0 amide bonds. The van der Waals surface area contributed by atoms with Crippen molar-refractivity contribution < 1.29 is 14.3 Å². The van der Waals surface area contributed by atoms with Crippen LogP contribution in [0.15, 0.2) is 59.0 Å². The van der Waals surface area contributed by atoms with Crippen molar-refractivity contribution in [3.05, 3.63) is 65.7 Å². The number of fused-ring (bicyclic) bond motifs is 2. The summed E-state index contributed by atoms with van der Waals surface area (Å²) in [5.41, 5.74) is 3.13. The van der Waals surface area contributed by atoms with Crippen LogP contribution < -0.4 is 0 Å². The fourth-order valence-corrected chi connectivity index (χ4v) is 2.80. The van der Waals surface area contributed by atoms with Crippen LogP contribution in [0.4, 0.5) is 0 Å². The van der Waals surface area contributed by atoms with E-state index in [1.54, 1.807) is 12.1 Å². The molecule has 120 valence electrons. The van der Waals surface area contributed by atoms with Gasteiger partial charge in [-0.2, -0.15) is 0 Å². The Balaban J connectivity index is 0.00000169. The molecule has 0 aliphatic carbocycles. The van der Waals surface area contributed by atoms with E-state index in [2.05, 4.69) is 4.98 Å². The van der Waals surface area contributed by atoms with Gasteiger partial charge in [0.15, 0.2) is 5.76 Å². The number of furan rings is 1. The molecular formula is C19H14ClNO3. The van der Waals surface area contributed by atoms with Crippen molar-refractivity contribution >= 4 is 40.2 Å². The number of aryl methyl sites for hydroxylation is 1. The van der Waals surface area contributed by atoms with Crippen molar-refractivity contribution in [3.8, 4) is 11.5 Å². The first-order valence-corrected chi connectivity index (χ1v) is 7.26. The van der Waals surface area contributed by atoms with E-state index >= 15 is 0 Å². The molecule has 2 heterocycles. The zero-order chi connectivity index (χ0) is 16.0. The number of para-hydroxylation sites is 2. The van der Waals surface area contributed by atoms with E-state index in [1.165, 1.54) is 0 Å². The van der Waals surface area contributed by atoms with Gasteiger partial charge in [-0.3, -0.25) is 0 Å². The summed E-state index contributed by atoms with van der Waals surface area (Å²) in [7, 11) is 0. The minimum Gasteiger partial charge on any atom is -0.478 e. The molecule has 0 aliphatic rings. The van der Waals surface area contributed by atoms with Gasteiger partial charge in [-0.05, 0) is 30.7 Å². The Kier molecular flexibility index (Phi) is 3.99. The Labute approximate surface area is 144 Å². The van der Waals surface area contributed by atoms with Crippen LogP contribution in [0.5, 0.6) is 0 Å². The summed E-state index contributed by atoms with van der Waals surface area (Å²) in [4.78, 5) is 16.2. The molecule has 4 rings (SSSR count). The maximum atomic E-state index is 11.6. The largest absolute Gasteiger partial charge is 0.478 e. The maximum Gasteiger partial charge on any atom is 0.336 e. The summed E-state index contributed by atoms with van der Waals surface area (Å²) >= 11 is 0. The molecule has 0 saturated heterocycles. The SMILES string of the molecule is Cc1cccc2c(C(=O)O)cc(-c3cc4ccccc4o3)nc12.Cl. The number of pyridine rings is 1. The molecule has 0 atom stereocenters. The van der Waals surface area contributed by atoms with Gasteiger partial charge >= 0.3 is 5.97 Å². The third kappa shape index (κ3) is 2.51. The Morgan fingerprint density at radius 1 is 1.08 bits per heavy atom. The predicted molar refractivity (Wildman–Crippen MR) is 95.9 cm³/mol. The van der Waals surface area contributed by atoms with Gasteiger partial charge in [0.25, 0.3) is 0 Å². The zero-order valence-corrected chi connectivity index (χ0v) is 13.6. The average Bonchev–Trinajstić information content (AvgIpc) is 2.98. The van der Waals surface area contributed by atoms with Crippen LogP contribution in [0.2, 0.25) is 0 Å². The van der Waals surface area contributed by atoms with Crippen LogP contribution in [0.25, 0.3) is 33.3 Å². The lowest BCUT2D eigenvalue weighted by atomic mass is 10.0. The number of aromatic carboxylic acids is 1. The van der Waals surface area contributed by atoms with Crippen molar-refractivity contribution in [1.82, 2.24) is 4.98 Å². The Morgan fingerprint density at radius 3 is 2.62 bits per heavy atom. The predicted octanol–water partition coefficient (Wildman–Crippen LogP) is 5.08. The molecule has 0 saturated carbocycles. The molecule has 0 aliphatic heterocycles. The van der Waals surface area contributed by atoms with Crippen molar-refractivity contribution in [2.24, 2.45) is 0 Å². The topological polar surface area (TPSA) is 63.3 Å². The van der Waals surface area contributed by atoms with Gasteiger partial charge in [-0.25, -0.2) is 9.78 Å². The highest BCUT2D eigenvalue weighted by molar-refractivity contribution is 6.04. The summed E-state index contributed by atoms with van der Waals surface area (Å²) in [5, 5.41) is 11.1. The van der Waals surface area contributed by atoms with Gasteiger partial charge in [0.2, 0.25) is 0 Å². The smallest absolute Gasteiger partial charge is 0.336 e. The number of aromatic nitrogens is 1. The molecule has 2 aromatic carbocycles. The molecule has 24 heavy (non-hydrogen) atoms. The molecule has 0 radical (unpaired) electrons. The summed E-state index contributed by atoms with van der Waals surface area (Å²) in [6, 6.07) is 16.7. The molecule has 0 spiro atoms. The first-order valence-electron chi connectivity index (χ1n) is 7.26. The number of hydrogen-bond donors (Lipinski definition) is 1. The van der Waals surface area contributed by atoms with Gasteiger partial charge in [0, 0.05) is 10.8 Å². The fourth-order valence-electron chi connectivity index (χ4n) is 2.80. The fraction of sp³-hybridized carbons (Fsp3) is 0.0526. The van der Waals surface area contributed by atoms with Gasteiger partial charge < -0.3 is 9.52 Å². The standard InChI is InChI=1S/C19H13NO3.ClH/c1-11-5-4-7-13-14(19(21)22)10-15(20-18(11)13)17-9-12-6-2-3-8-16(12)23-17;/h2-10H,1H3,(H,21,22);1H. The number of carboxylic acid groups (broad SMARTS) is 1. The van der Waals surface area contributed by atoms with Gasteiger partial charge in [0.05, 0.1) is 11.1 Å². The van der Waals surface area contributed by atoms with E-state index in [0.29, 0.717) is 22.4 Å². The van der Waals surface area contributed by atoms with Gasteiger partial charge in [0.1, 0.15) is 11.3 Å². The lowest BCUT2D eigenvalue weighted by Gasteiger charge is -2.07. The molecule has 4 aromatic rings. The third-order valence-electron chi connectivity index (χ3n) is 3.95. The maximum absolute atomic E-state index is 11.6. The minimum atomic E-state index is -0.972. The molecular weight excluding hydrogens is 326 g/mol. The number of rotatable bonds is 2. The molecule has 1 N–H and O–H groups in total. The summed E-state index contributed by atoms with van der Waals surface area (Å²) in [5.74, 6) is -0.404. The summed E-state index contributed by atoms with van der Waals surface area (Å²) in [6.07, 6.45) is 0. The van der Waals surface area contributed by atoms with Crippen molar-refractivity contribution in [2.75, 3.05) is 0 Å². The van der Waals surface area contributed by atoms with Crippen LogP contribution >= 0.6 is 12.4 Å². The number of halogens is 1. The quantitative estimate of drug-likeness (QED) is 0.553. The van der Waals surface area contributed by atoms with Crippen LogP contribution in [-0.4, -0.2) is 16.1 Å².